The third-order valence-corrected chi connectivity index (χ3v) is 3.96. The van der Waals surface area contributed by atoms with Crippen LogP contribution in [-0.4, -0.2) is 27.8 Å². The highest BCUT2D eigenvalue weighted by Crippen LogP contribution is 2.28. The van der Waals surface area contributed by atoms with E-state index in [0.29, 0.717) is 6.54 Å². The van der Waals surface area contributed by atoms with Crippen molar-refractivity contribution in [1.29, 1.82) is 0 Å². The molecule has 2 amide bonds. The molecule has 25 heavy (non-hydrogen) atoms. The Hall–Kier alpha value is -2.30. The average molecular weight is 342 g/mol. The number of carbonyl (C=O) groups is 1. The van der Waals surface area contributed by atoms with E-state index >= 15 is 0 Å². The van der Waals surface area contributed by atoms with E-state index in [1.54, 1.807) is 11.9 Å². The lowest BCUT2D eigenvalue weighted by molar-refractivity contribution is 0.220. The lowest BCUT2D eigenvalue weighted by Crippen LogP contribution is -2.33. The Labute approximate surface area is 151 Å². The van der Waals surface area contributed by atoms with Crippen LogP contribution in [0.25, 0.3) is 0 Å². The lowest BCUT2D eigenvalue weighted by atomic mass is 9.92. The molecule has 0 saturated heterocycles. The zero-order valence-electron chi connectivity index (χ0n) is 16.4. The first-order valence-corrected chi connectivity index (χ1v) is 8.65. The maximum atomic E-state index is 12.6. The molecular weight excluding hydrogens is 312 g/mol. The van der Waals surface area contributed by atoms with E-state index in [1.165, 1.54) is 0 Å². The zero-order chi connectivity index (χ0) is 18.8. The summed E-state index contributed by atoms with van der Waals surface area (Å²) < 4.78 is 1.89. The van der Waals surface area contributed by atoms with Gasteiger partial charge in [0.05, 0.1) is 11.2 Å². The highest BCUT2D eigenvalue weighted by atomic mass is 16.2. The van der Waals surface area contributed by atoms with Crippen molar-refractivity contribution in [3.8, 4) is 0 Å². The van der Waals surface area contributed by atoms with Gasteiger partial charge in [0.15, 0.2) is 0 Å². The van der Waals surface area contributed by atoms with Gasteiger partial charge < -0.3 is 4.90 Å². The van der Waals surface area contributed by atoms with Crippen LogP contribution < -0.4 is 5.32 Å². The summed E-state index contributed by atoms with van der Waals surface area (Å²) in [4.78, 5) is 14.3. The number of urea groups is 1. The number of hydrogen-bond acceptors (Lipinski definition) is 2. The smallest absolute Gasteiger partial charge is 0.323 e. The maximum absolute atomic E-state index is 12.6. The average Bonchev–Trinajstić information content (AvgIpc) is 2.92. The molecule has 2 rings (SSSR count). The van der Waals surface area contributed by atoms with Crippen LogP contribution in [0.1, 0.15) is 52.8 Å². The minimum Gasteiger partial charge on any atom is -0.323 e. The molecule has 0 aliphatic rings. The summed E-state index contributed by atoms with van der Waals surface area (Å²) in [7, 11) is 1.80. The summed E-state index contributed by atoms with van der Waals surface area (Å²) >= 11 is 0. The largest absolute Gasteiger partial charge is 0.323 e. The molecule has 0 saturated carbocycles. The summed E-state index contributed by atoms with van der Waals surface area (Å²) in [6.45, 7) is 13.2. The van der Waals surface area contributed by atoms with E-state index in [0.717, 1.165) is 17.1 Å². The van der Waals surface area contributed by atoms with Crippen molar-refractivity contribution in [2.24, 2.45) is 0 Å². The van der Waals surface area contributed by atoms with Gasteiger partial charge in [-0.05, 0) is 26.3 Å². The number of aromatic nitrogens is 2. The van der Waals surface area contributed by atoms with Crippen molar-refractivity contribution in [2.75, 3.05) is 12.4 Å². The second kappa shape index (κ2) is 6.90. The molecule has 5 heteroatoms. The molecule has 136 valence electrons. The quantitative estimate of drug-likeness (QED) is 0.886. The molecule has 0 unspecified atom stereocenters. The number of benzene rings is 1. The van der Waals surface area contributed by atoms with Gasteiger partial charge in [0.25, 0.3) is 0 Å². The normalized spacial score (nSPS) is 12.1. The van der Waals surface area contributed by atoms with E-state index in [9.17, 15) is 4.79 Å². The molecule has 0 fully saturated rings. The number of amides is 2. The summed E-state index contributed by atoms with van der Waals surface area (Å²) in [6.07, 6.45) is 0. The number of anilines is 1. The molecule has 0 spiro atoms. The van der Waals surface area contributed by atoms with Crippen LogP contribution in [0.3, 0.4) is 0 Å². The number of hydrogen-bond donors (Lipinski definition) is 1. The van der Waals surface area contributed by atoms with E-state index in [-0.39, 0.29) is 17.0 Å². The second-order valence-corrected chi connectivity index (χ2v) is 8.52. The number of rotatable bonds is 3. The Morgan fingerprint density at radius 1 is 1.12 bits per heavy atom. The molecule has 0 bridgehead atoms. The van der Waals surface area contributed by atoms with Gasteiger partial charge in [-0.1, -0.05) is 51.1 Å². The highest BCUT2D eigenvalue weighted by Gasteiger charge is 2.26. The Bertz CT molecular complexity index is 720. The van der Waals surface area contributed by atoms with Crippen molar-refractivity contribution in [2.45, 2.75) is 59.0 Å². The second-order valence-electron chi connectivity index (χ2n) is 8.52. The van der Waals surface area contributed by atoms with Crippen LogP contribution >= 0.6 is 0 Å². The van der Waals surface area contributed by atoms with Crippen molar-refractivity contribution in [3.63, 3.8) is 0 Å². The third-order valence-electron chi connectivity index (χ3n) is 3.96. The Kier molecular flexibility index (Phi) is 5.26. The fourth-order valence-corrected chi connectivity index (χ4v) is 2.48. The first kappa shape index (κ1) is 19.0. The van der Waals surface area contributed by atoms with Crippen LogP contribution in [0.15, 0.2) is 36.4 Å². The van der Waals surface area contributed by atoms with Crippen molar-refractivity contribution >= 4 is 11.8 Å². The topological polar surface area (TPSA) is 50.2 Å². The monoisotopic (exact) mass is 342 g/mol. The molecule has 5 nitrogen and oxygen atoms in total. The molecule has 0 atom stereocenters. The van der Waals surface area contributed by atoms with Crippen LogP contribution in [0.4, 0.5) is 10.6 Å². The van der Waals surface area contributed by atoms with Gasteiger partial charge in [-0.25, -0.2) is 9.48 Å². The van der Waals surface area contributed by atoms with Gasteiger partial charge in [-0.15, -0.1) is 0 Å². The van der Waals surface area contributed by atoms with Crippen LogP contribution in [0.5, 0.6) is 0 Å². The van der Waals surface area contributed by atoms with Crippen molar-refractivity contribution in [3.05, 3.63) is 47.7 Å². The van der Waals surface area contributed by atoms with E-state index in [4.69, 9.17) is 5.10 Å². The first-order chi connectivity index (χ1) is 11.5. The van der Waals surface area contributed by atoms with E-state index < -0.39 is 0 Å². The van der Waals surface area contributed by atoms with Crippen LogP contribution in [0, 0.1) is 0 Å². The molecule has 1 aromatic carbocycles. The Morgan fingerprint density at radius 3 is 2.24 bits per heavy atom. The SMILES string of the molecule is CN(Cc1ccccc1)C(=O)Nc1cc(C(C)(C)C)nn1C(C)(C)C. The molecule has 1 N–H and O–H groups in total. The van der Waals surface area contributed by atoms with Gasteiger partial charge in [0.2, 0.25) is 0 Å². The lowest BCUT2D eigenvalue weighted by Gasteiger charge is -2.24. The molecule has 0 aliphatic heterocycles. The third kappa shape index (κ3) is 4.84. The first-order valence-electron chi connectivity index (χ1n) is 8.65. The van der Waals surface area contributed by atoms with E-state index in [2.05, 4.69) is 46.9 Å². The van der Waals surface area contributed by atoms with Gasteiger partial charge in [0, 0.05) is 25.1 Å². The standard InChI is InChI=1S/C20H30N4O/c1-19(2,3)16-13-17(24(22-16)20(4,5)6)21-18(25)23(7)14-15-11-9-8-10-12-15/h8-13H,14H2,1-7H3,(H,21,25). The number of carbonyl (C=O) groups excluding carboxylic acids is 1. The fourth-order valence-electron chi connectivity index (χ4n) is 2.48. The number of nitrogens with zero attached hydrogens (tertiary/aromatic N) is 3. The minimum absolute atomic E-state index is 0.0775. The van der Waals surface area contributed by atoms with Gasteiger partial charge in [0.1, 0.15) is 5.82 Å². The zero-order valence-corrected chi connectivity index (χ0v) is 16.4. The van der Waals surface area contributed by atoms with Gasteiger partial charge in [-0.3, -0.25) is 5.32 Å². The summed E-state index contributed by atoms with van der Waals surface area (Å²) in [5.74, 6) is 0.724. The summed E-state index contributed by atoms with van der Waals surface area (Å²) in [6, 6.07) is 11.8. The summed E-state index contributed by atoms with van der Waals surface area (Å²) in [5.41, 5.74) is 1.76. The van der Waals surface area contributed by atoms with E-state index in [1.807, 2.05) is 41.1 Å². The Morgan fingerprint density at radius 2 is 1.72 bits per heavy atom. The Balaban J connectivity index is 2.20. The summed E-state index contributed by atoms with van der Waals surface area (Å²) in [5, 5.41) is 7.75. The van der Waals surface area contributed by atoms with Crippen LogP contribution in [0.2, 0.25) is 0 Å². The predicted octanol–water partition coefficient (Wildman–Crippen LogP) is 4.60. The van der Waals surface area contributed by atoms with Gasteiger partial charge >= 0.3 is 6.03 Å². The molecular formula is C20H30N4O. The molecule has 0 aliphatic carbocycles. The highest BCUT2D eigenvalue weighted by molar-refractivity contribution is 5.88. The van der Waals surface area contributed by atoms with Gasteiger partial charge in [-0.2, -0.15) is 5.10 Å². The van der Waals surface area contributed by atoms with Crippen molar-refractivity contribution < 1.29 is 4.79 Å². The molecule has 2 aromatic rings. The maximum Gasteiger partial charge on any atom is 0.323 e. The fraction of sp³-hybridized carbons (Fsp3) is 0.500. The number of nitrogens with one attached hydrogen (secondary N) is 1. The molecule has 1 heterocycles. The minimum atomic E-state index is -0.218. The molecule has 1 aromatic heterocycles. The predicted molar refractivity (Wildman–Crippen MR) is 103 cm³/mol. The van der Waals surface area contributed by atoms with Crippen molar-refractivity contribution in [1.82, 2.24) is 14.7 Å². The molecule has 0 radical (unpaired) electrons. The van der Waals surface area contributed by atoms with Crippen LogP contribution in [-0.2, 0) is 17.5 Å².